The SMILES string of the molecule is COc1cc2cc(c1Cl)N(C)C(=O)C[C@@H](OC(=O)[C@@H](C)N(C)C(=O)C(C)C)[C@@]1(C)O[C@@H]1[C@@H](C)[C@@H]1C[C@](O)(NC(=O)O1)[C@@H](OC)/C=C/C=C(\C)[C@@H]2OC. The van der Waals surface area contributed by atoms with E-state index in [0.717, 1.165) is 5.57 Å². The number of ether oxygens (including phenoxy) is 6. The highest BCUT2D eigenvalue weighted by Crippen LogP contribution is 2.49. The second kappa shape index (κ2) is 16.1. The van der Waals surface area contributed by atoms with Crippen LogP contribution >= 0.6 is 11.6 Å². The largest absolute Gasteiger partial charge is 0.495 e. The molecule has 0 unspecified atom stereocenters. The summed E-state index contributed by atoms with van der Waals surface area (Å²) < 4.78 is 35.1. The van der Waals surface area contributed by atoms with Gasteiger partial charge in [0.2, 0.25) is 11.8 Å². The van der Waals surface area contributed by atoms with E-state index in [2.05, 4.69) is 5.32 Å². The molecule has 2 N–H and O–H groups in total. The minimum Gasteiger partial charge on any atom is -0.495 e. The van der Waals surface area contributed by atoms with E-state index in [0.29, 0.717) is 17.0 Å². The molecule has 0 radical (unpaired) electrons. The van der Waals surface area contributed by atoms with E-state index in [-0.39, 0.29) is 29.7 Å². The molecule has 3 heterocycles. The number of likely N-dealkylation sites (N-methyl/N-ethyl adjacent to an activating group) is 1. The average molecular weight is 750 g/mol. The van der Waals surface area contributed by atoms with E-state index in [4.69, 9.17) is 40.0 Å². The summed E-state index contributed by atoms with van der Waals surface area (Å²) in [5.41, 5.74) is -1.39. The Labute approximate surface area is 310 Å². The number of methoxy groups -OCH3 is 3. The molecule has 4 rings (SSSR count). The molecule has 9 atom stereocenters. The zero-order chi connectivity index (χ0) is 38.9. The number of allylic oxidation sites excluding steroid dienone is 2. The highest BCUT2D eigenvalue weighted by molar-refractivity contribution is 6.35. The van der Waals surface area contributed by atoms with Crippen LogP contribution in [0.2, 0.25) is 5.02 Å². The Morgan fingerprint density at radius 3 is 2.42 bits per heavy atom. The van der Waals surface area contributed by atoms with Gasteiger partial charge in [0.25, 0.3) is 0 Å². The number of benzene rings is 1. The third-order valence-corrected chi connectivity index (χ3v) is 10.8. The monoisotopic (exact) mass is 749 g/mol. The number of anilines is 1. The summed E-state index contributed by atoms with van der Waals surface area (Å²) in [6.45, 7) is 10.3. The van der Waals surface area contributed by atoms with Crippen LogP contribution in [0.3, 0.4) is 0 Å². The molecule has 1 aromatic carbocycles. The maximum Gasteiger partial charge on any atom is 0.409 e. The van der Waals surface area contributed by atoms with Crippen LogP contribution in [0.5, 0.6) is 5.75 Å². The molecule has 4 bridgehead atoms. The molecule has 2 fully saturated rings. The summed E-state index contributed by atoms with van der Waals surface area (Å²) in [5, 5.41) is 14.4. The predicted octanol–water partition coefficient (Wildman–Crippen LogP) is 4.32. The molecule has 0 saturated carbocycles. The van der Waals surface area contributed by atoms with E-state index in [1.165, 1.54) is 38.2 Å². The van der Waals surface area contributed by atoms with Gasteiger partial charge in [0.1, 0.15) is 46.8 Å². The Kier molecular flexibility index (Phi) is 12.7. The lowest BCUT2D eigenvalue weighted by Crippen LogP contribution is -2.63. The number of amides is 3. The van der Waals surface area contributed by atoms with E-state index >= 15 is 0 Å². The number of rotatable bonds is 7. The molecule has 0 aliphatic carbocycles. The number of alkyl carbamates (subject to hydrolysis) is 1. The quantitative estimate of drug-likeness (QED) is 0.301. The van der Waals surface area contributed by atoms with Gasteiger partial charge in [-0.1, -0.05) is 50.6 Å². The van der Waals surface area contributed by atoms with Crippen molar-refractivity contribution in [2.45, 2.75) is 102 Å². The van der Waals surface area contributed by atoms with Crippen LogP contribution in [-0.4, -0.2) is 111 Å². The van der Waals surface area contributed by atoms with E-state index in [1.54, 1.807) is 72.0 Å². The lowest BCUT2D eigenvalue weighted by molar-refractivity contribution is -0.162. The maximum absolute atomic E-state index is 14.2. The number of carbonyl (C=O) groups is 4. The minimum atomic E-state index is -1.86. The summed E-state index contributed by atoms with van der Waals surface area (Å²) in [4.78, 5) is 56.1. The molecular formula is C37H52ClN3O11. The first-order valence-electron chi connectivity index (χ1n) is 17.2. The van der Waals surface area contributed by atoms with Crippen molar-refractivity contribution < 1.29 is 52.7 Å². The van der Waals surface area contributed by atoms with Crippen LogP contribution in [-0.2, 0) is 38.1 Å². The average Bonchev–Trinajstić information content (AvgIpc) is 3.79. The second-order valence-electron chi connectivity index (χ2n) is 14.3. The molecule has 0 aromatic heterocycles. The molecule has 52 heavy (non-hydrogen) atoms. The second-order valence-corrected chi connectivity index (χ2v) is 14.6. The summed E-state index contributed by atoms with van der Waals surface area (Å²) >= 11 is 6.79. The Hall–Kier alpha value is -3.69. The Morgan fingerprint density at radius 1 is 1.15 bits per heavy atom. The third-order valence-electron chi connectivity index (χ3n) is 10.4. The Morgan fingerprint density at radius 2 is 1.83 bits per heavy atom. The van der Waals surface area contributed by atoms with Gasteiger partial charge < -0.3 is 43.3 Å². The van der Waals surface area contributed by atoms with E-state index in [9.17, 15) is 24.3 Å². The number of hydrogen-bond donors (Lipinski definition) is 2. The molecule has 14 nitrogen and oxygen atoms in total. The highest BCUT2D eigenvalue weighted by atomic mass is 35.5. The summed E-state index contributed by atoms with van der Waals surface area (Å²) in [7, 11) is 7.48. The smallest absolute Gasteiger partial charge is 0.409 e. The van der Waals surface area contributed by atoms with Crippen LogP contribution < -0.4 is 15.0 Å². The van der Waals surface area contributed by atoms with Gasteiger partial charge in [0, 0.05) is 46.6 Å². The van der Waals surface area contributed by atoms with Crippen LogP contribution in [0, 0.1) is 11.8 Å². The van der Waals surface area contributed by atoms with Crippen molar-refractivity contribution in [1.29, 1.82) is 0 Å². The number of epoxide rings is 1. The molecule has 3 amide bonds. The first-order valence-corrected chi connectivity index (χ1v) is 17.6. The van der Waals surface area contributed by atoms with Gasteiger partial charge in [-0.2, -0.15) is 0 Å². The Bertz CT molecular complexity index is 1600. The van der Waals surface area contributed by atoms with Gasteiger partial charge in [-0.15, -0.1) is 0 Å². The zero-order valence-electron chi connectivity index (χ0n) is 31.7. The number of nitrogens with zero attached hydrogens (tertiary/aromatic N) is 2. The minimum absolute atomic E-state index is 0.0719. The van der Waals surface area contributed by atoms with Crippen LogP contribution in [0.15, 0.2) is 35.9 Å². The van der Waals surface area contributed by atoms with Gasteiger partial charge in [0.15, 0.2) is 5.72 Å². The topological polar surface area (TPSA) is 166 Å². The van der Waals surface area contributed by atoms with Crippen molar-refractivity contribution in [2.24, 2.45) is 11.8 Å². The fourth-order valence-electron chi connectivity index (χ4n) is 6.89. The standard InChI is InChI=1S/C37H52ClN3O11/c1-19(2)33(43)40(7)22(5)34(44)51-28-17-29(42)41(8)24-15-23(16-25(47-9)30(24)38)31(49-11)20(3)13-12-14-27(48-10)37(46)18-26(50-35(45)39-37)21(4)32-36(28,6)52-32/h12-16,19,21-22,26-28,31-32,46H,17-18H2,1-11H3,(H,39,45)/b14-12+,20-13+/t21-,22+,26-,27-,28+,31-,32+,36+,37+/m0/s1. The lowest BCUT2D eigenvalue weighted by Gasteiger charge is -2.42. The number of nitrogens with one attached hydrogen (secondary N) is 1. The number of esters is 1. The molecule has 0 spiro atoms. The number of hydrogen-bond acceptors (Lipinski definition) is 11. The van der Waals surface area contributed by atoms with Gasteiger partial charge in [-0.3, -0.25) is 14.9 Å². The molecule has 15 heteroatoms. The number of halogens is 1. The summed E-state index contributed by atoms with van der Waals surface area (Å²) in [5.74, 6) is -2.05. The molecule has 1 aromatic rings. The highest BCUT2D eigenvalue weighted by Gasteiger charge is 2.64. The predicted molar refractivity (Wildman–Crippen MR) is 192 cm³/mol. The van der Waals surface area contributed by atoms with Crippen molar-refractivity contribution in [2.75, 3.05) is 40.3 Å². The maximum atomic E-state index is 14.2. The van der Waals surface area contributed by atoms with Crippen LogP contribution in [0.4, 0.5) is 10.5 Å². The molecule has 3 aliphatic rings. The van der Waals surface area contributed by atoms with Crippen molar-refractivity contribution in [1.82, 2.24) is 10.2 Å². The van der Waals surface area contributed by atoms with E-state index in [1.807, 2.05) is 6.92 Å². The van der Waals surface area contributed by atoms with Gasteiger partial charge >= 0.3 is 12.1 Å². The first-order chi connectivity index (χ1) is 24.3. The summed E-state index contributed by atoms with van der Waals surface area (Å²) in [6, 6.07) is 2.46. The van der Waals surface area contributed by atoms with Crippen LogP contribution in [0.25, 0.3) is 0 Å². The molecule has 288 valence electrons. The fraction of sp³-hybridized carbons (Fsp3) is 0.622. The number of fused-ring (bicyclic) bond motifs is 5. The molecular weight excluding hydrogens is 698 g/mol. The van der Waals surface area contributed by atoms with Crippen molar-refractivity contribution in [3.05, 3.63) is 46.5 Å². The zero-order valence-corrected chi connectivity index (χ0v) is 32.5. The van der Waals surface area contributed by atoms with Gasteiger partial charge in [0.05, 0.1) is 25.3 Å². The van der Waals surface area contributed by atoms with E-state index < -0.39 is 71.8 Å². The number of carbonyl (C=O) groups excluding carboxylic acids is 4. The van der Waals surface area contributed by atoms with Crippen LogP contribution in [0.1, 0.15) is 66.1 Å². The van der Waals surface area contributed by atoms with Gasteiger partial charge in [-0.25, -0.2) is 9.59 Å². The Balaban J connectivity index is 1.83. The molecule has 2 saturated heterocycles. The number of aliphatic hydroxyl groups is 1. The van der Waals surface area contributed by atoms with Crippen molar-refractivity contribution in [3.8, 4) is 5.75 Å². The van der Waals surface area contributed by atoms with Crippen molar-refractivity contribution in [3.63, 3.8) is 0 Å². The molecule has 3 aliphatic heterocycles. The first kappa shape index (κ1) is 41.1. The summed E-state index contributed by atoms with van der Waals surface area (Å²) in [6.07, 6.45) is -0.443. The van der Waals surface area contributed by atoms with Crippen molar-refractivity contribution >= 4 is 41.2 Å². The normalized spacial score (nSPS) is 33.1. The fourth-order valence-corrected chi connectivity index (χ4v) is 7.21. The lowest BCUT2D eigenvalue weighted by atomic mass is 9.83. The van der Waals surface area contributed by atoms with Gasteiger partial charge in [-0.05, 0) is 44.0 Å². The third kappa shape index (κ3) is 8.26.